The molecule has 1 aromatic carbocycles. The van der Waals surface area contributed by atoms with Crippen LogP contribution in [0.5, 0.6) is 11.5 Å². The molecule has 0 aromatic heterocycles. The minimum Gasteiger partial charge on any atom is -0.493 e. The first-order valence-electron chi connectivity index (χ1n) is 5.86. The molecule has 0 radical (unpaired) electrons. The molecular weight excluding hydrogens is 344 g/mol. The Bertz CT molecular complexity index is 583. The Labute approximate surface area is 129 Å². The van der Waals surface area contributed by atoms with Crippen molar-refractivity contribution in [1.29, 1.82) is 5.26 Å². The number of carboxylic acid groups (broad SMARTS) is 1. The van der Waals surface area contributed by atoms with Crippen molar-refractivity contribution < 1.29 is 24.2 Å². The second kappa shape index (κ2) is 8.11. The van der Waals surface area contributed by atoms with Crippen molar-refractivity contribution in [2.45, 2.75) is 6.42 Å². The molecule has 0 fully saturated rings. The summed E-state index contributed by atoms with van der Waals surface area (Å²) < 4.78 is 10.7. The highest BCUT2D eigenvalue weighted by Gasteiger charge is 2.16. The first kappa shape index (κ1) is 16.8. The molecule has 1 aromatic rings. The number of hydrogen-bond acceptors (Lipinski definition) is 5. The number of carbonyl (C=O) groups excluding carboxylic acids is 1. The van der Waals surface area contributed by atoms with Gasteiger partial charge in [0.05, 0.1) is 29.6 Å². The number of halogens is 1. The average molecular weight is 357 g/mol. The maximum Gasteiger partial charge on any atom is 0.335 e. The molecule has 21 heavy (non-hydrogen) atoms. The SMILES string of the molecule is COc1cc(C(=O)O)cc(Br)c1OCC(=O)NCCC#N. The van der Waals surface area contributed by atoms with Crippen LogP contribution in [0.2, 0.25) is 0 Å². The van der Waals surface area contributed by atoms with Crippen molar-refractivity contribution in [2.24, 2.45) is 0 Å². The van der Waals surface area contributed by atoms with E-state index in [4.69, 9.17) is 19.8 Å². The van der Waals surface area contributed by atoms with Crippen LogP contribution in [0.3, 0.4) is 0 Å². The van der Waals surface area contributed by atoms with Crippen LogP contribution in [-0.4, -0.2) is 37.2 Å². The average Bonchev–Trinajstić information content (AvgIpc) is 2.45. The van der Waals surface area contributed by atoms with Crippen molar-refractivity contribution in [2.75, 3.05) is 20.3 Å². The Morgan fingerprint density at radius 1 is 1.48 bits per heavy atom. The fraction of sp³-hybridized carbons (Fsp3) is 0.308. The minimum atomic E-state index is -1.10. The zero-order chi connectivity index (χ0) is 15.8. The first-order chi connectivity index (χ1) is 9.99. The molecular formula is C13H13BrN2O5. The van der Waals surface area contributed by atoms with Gasteiger partial charge in [0.25, 0.3) is 5.91 Å². The molecule has 0 saturated carbocycles. The van der Waals surface area contributed by atoms with Crippen LogP contribution >= 0.6 is 15.9 Å². The van der Waals surface area contributed by atoms with Gasteiger partial charge in [-0.25, -0.2) is 4.79 Å². The van der Waals surface area contributed by atoms with E-state index in [0.717, 1.165) is 0 Å². The van der Waals surface area contributed by atoms with Gasteiger partial charge in [0.2, 0.25) is 0 Å². The lowest BCUT2D eigenvalue weighted by Crippen LogP contribution is -2.29. The second-order valence-electron chi connectivity index (χ2n) is 3.84. The van der Waals surface area contributed by atoms with Gasteiger partial charge in [0.1, 0.15) is 0 Å². The molecule has 2 N–H and O–H groups in total. The topological polar surface area (TPSA) is 109 Å². The first-order valence-corrected chi connectivity index (χ1v) is 6.66. The maximum atomic E-state index is 11.5. The van der Waals surface area contributed by atoms with Gasteiger partial charge in [-0.2, -0.15) is 5.26 Å². The Balaban J connectivity index is 2.77. The summed E-state index contributed by atoms with van der Waals surface area (Å²) >= 11 is 3.18. The number of benzene rings is 1. The van der Waals surface area contributed by atoms with E-state index < -0.39 is 5.97 Å². The Kier molecular flexibility index (Phi) is 6.49. The Hall–Kier alpha value is -2.27. The number of aromatic carboxylic acids is 1. The van der Waals surface area contributed by atoms with E-state index in [0.29, 0.717) is 4.47 Å². The number of nitrogens with zero attached hydrogens (tertiary/aromatic N) is 1. The lowest BCUT2D eigenvalue weighted by Gasteiger charge is -2.13. The number of hydrogen-bond donors (Lipinski definition) is 2. The zero-order valence-electron chi connectivity index (χ0n) is 11.2. The van der Waals surface area contributed by atoms with E-state index in [1.165, 1.54) is 19.2 Å². The number of nitriles is 1. The van der Waals surface area contributed by atoms with E-state index >= 15 is 0 Å². The lowest BCUT2D eigenvalue weighted by molar-refractivity contribution is -0.123. The molecule has 0 aliphatic heterocycles. The maximum absolute atomic E-state index is 11.5. The summed E-state index contributed by atoms with van der Waals surface area (Å²) in [5, 5.41) is 19.8. The standard InChI is InChI=1S/C13H13BrN2O5/c1-20-10-6-8(13(18)19)5-9(14)12(10)21-7-11(17)16-4-2-3-15/h5-6H,2,4,7H2,1H3,(H,16,17)(H,18,19). The molecule has 7 nitrogen and oxygen atoms in total. The van der Waals surface area contributed by atoms with Gasteiger partial charge in [-0.15, -0.1) is 0 Å². The van der Waals surface area contributed by atoms with Crippen molar-refractivity contribution in [3.8, 4) is 17.6 Å². The highest BCUT2D eigenvalue weighted by molar-refractivity contribution is 9.10. The van der Waals surface area contributed by atoms with Gasteiger partial charge in [-0.05, 0) is 28.1 Å². The normalized spacial score (nSPS) is 9.57. The molecule has 0 unspecified atom stereocenters. The largest absolute Gasteiger partial charge is 0.493 e. The summed E-state index contributed by atoms with van der Waals surface area (Å²) in [5.41, 5.74) is 0.0320. The number of rotatable bonds is 7. The number of carbonyl (C=O) groups is 2. The van der Waals surface area contributed by atoms with Crippen LogP contribution in [-0.2, 0) is 4.79 Å². The van der Waals surface area contributed by atoms with Crippen molar-refractivity contribution in [3.63, 3.8) is 0 Å². The zero-order valence-corrected chi connectivity index (χ0v) is 12.8. The summed E-state index contributed by atoms with van der Waals surface area (Å²) in [6, 6.07) is 4.56. The molecule has 0 heterocycles. The molecule has 0 atom stereocenters. The van der Waals surface area contributed by atoms with E-state index in [-0.39, 0.29) is 42.5 Å². The predicted molar refractivity (Wildman–Crippen MR) is 76.4 cm³/mol. The summed E-state index contributed by atoms with van der Waals surface area (Å²) in [6.45, 7) is -0.0260. The summed E-state index contributed by atoms with van der Waals surface area (Å²) in [7, 11) is 1.37. The monoisotopic (exact) mass is 356 g/mol. The molecule has 0 aliphatic carbocycles. The summed E-state index contributed by atoms with van der Waals surface area (Å²) in [5.74, 6) is -1.05. The number of methoxy groups -OCH3 is 1. The Morgan fingerprint density at radius 3 is 2.76 bits per heavy atom. The quantitative estimate of drug-likeness (QED) is 0.717. The van der Waals surface area contributed by atoms with Gasteiger partial charge < -0.3 is 19.9 Å². The van der Waals surface area contributed by atoms with Gasteiger partial charge in [0, 0.05) is 6.54 Å². The number of amides is 1. The molecule has 0 saturated heterocycles. The van der Waals surface area contributed by atoms with Gasteiger partial charge in [0.15, 0.2) is 18.1 Å². The van der Waals surface area contributed by atoms with Crippen molar-refractivity contribution in [1.82, 2.24) is 5.32 Å². The number of carboxylic acids is 1. The molecule has 1 rings (SSSR count). The number of ether oxygens (including phenoxy) is 2. The van der Waals surface area contributed by atoms with Crippen LogP contribution in [0.15, 0.2) is 16.6 Å². The molecule has 8 heteroatoms. The van der Waals surface area contributed by atoms with E-state index in [1.54, 1.807) is 0 Å². The van der Waals surface area contributed by atoms with Crippen LogP contribution in [0.1, 0.15) is 16.8 Å². The molecule has 0 bridgehead atoms. The third-order valence-electron chi connectivity index (χ3n) is 2.38. The smallest absolute Gasteiger partial charge is 0.335 e. The lowest BCUT2D eigenvalue weighted by atomic mass is 10.2. The fourth-order valence-corrected chi connectivity index (χ4v) is 1.99. The van der Waals surface area contributed by atoms with Crippen molar-refractivity contribution >= 4 is 27.8 Å². The van der Waals surface area contributed by atoms with E-state index in [2.05, 4.69) is 21.2 Å². The molecule has 0 spiro atoms. The molecule has 0 aliphatic rings. The fourth-order valence-electron chi connectivity index (χ4n) is 1.43. The van der Waals surface area contributed by atoms with E-state index in [9.17, 15) is 9.59 Å². The Morgan fingerprint density at radius 2 is 2.19 bits per heavy atom. The van der Waals surface area contributed by atoms with Crippen molar-refractivity contribution in [3.05, 3.63) is 22.2 Å². The molecule has 1 amide bonds. The predicted octanol–water partition coefficient (Wildman–Crippen LogP) is 1.56. The van der Waals surface area contributed by atoms with E-state index in [1.807, 2.05) is 6.07 Å². The third kappa shape index (κ3) is 4.96. The summed E-state index contributed by atoms with van der Waals surface area (Å²) in [4.78, 5) is 22.4. The van der Waals surface area contributed by atoms with Crippen LogP contribution in [0, 0.1) is 11.3 Å². The van der Waals surface area contributed by atoms with Gasteiger partial charge >= 0.3 is 5.97 Å². The van der Waals surface area contributed by atoms with Crippen LogP contribution in [0.25, 0.3) is 0 Å². The summed E-state index contributed by atoms with van der Waals surface area (Å²) in [6.07, 6.45) is 0.214. The second-order valence-corrected chi connectivity index (χ2v) is 4.70. The van der Waals surface area contributed by atoms with Gasteiger partial charge in [-0.3, -0.25) is 4.79 Å². The molecule has 112 valence electrons. The third-order valence-corrected chi connectivity index (χ3v) is 2.97. The highest BCUT2D eigenvalue weighted by atomic mass is 79.9. The van der Waals surface area contributed by atoms with Gasteiger partial charge in [-0.1, -0.05) is 0 Å². The number of nitrogens with one attached hydrogen (secondary N) is 1. The highest BCUT2D eigenvalue weighted by Crippen LogP contribution is 2.36. The minimum absolute atomic E-state index is 0.0320. The van der Waals surface area contributed by atoms with Crippen LogP contribution in [0.4, 0.5) is 0 Å². The van der Waals surface area contributed by atoms with Crippen LogP contribution < -0.4 is 14.8 Å².